The summed E-state index contributed by atoms with van der Waals surface area (Å²) in [6.07, 6.45) is 3.52. The molecule has 1 atom stereocenters. The minimum Gasteiger partial charge on any atom is -0.496 e. The number of nitrogens with two attached hydrogens (primary N) is 1. The first-order valence-electron chi connectivity index (χ1n) is 11.0. The number of nitrogens with zero attached hydrogens (tertiary/aromatic N) is 3. The van der Waals surface area contributed by atoms with Crippen molar-refractivity contribution in [2.75, 3.05) is 13.7 Å². The number of benzene rings is 1. The summed E-state index contributed by atoms with van der Waals surface area (Å²) in [6.45, 7) is 4.03. The minimum atomic E-state index is -0.349. The van der Waals surface area contributed by atoms with Crippen molar-refractivity contribution in [2.45, 2.75) is 43.4 Å². The molecule has 3 heterocycles. The van der Waals surface area contributed by atoms with Crippen LogP contribution in [0.15, 0.2) is 59.1 Å². The van der Waals surface area contributed by atoms with Gasteiger partial charge in [-0.05, 0) is 37.1 Å². The molecule has 0 amide bonds. The lowest BCUT2D eigenvalue weighted by atomic mass is 9.83. The van der Waals surface area contributed by atoms with E-state index in [1.807, 2.05) is 30.3 Å². The van der Waals surface area contributed by atoms with Crippen molar-refractivity contribution in [3.8, 4) is 17.7 Å². The second-order valence-corrected chi connectivity index (χ2v) is 8.44. The molecule has 4 rings (SSSR count). The Morgan fingerprint density at radius 1 is 1.29 bits per heavy atom. The Hall–Kier alpha value is -3.48. The summed E-state index contributed by atoms with van der Waals surface area (Å²) in [5.41, 5.74) is 10.3. The van der Waals surface area contributed by atoms with E-state index in [2.05, 4.69) is 34.2 Å². The Balaban J connectivity index is 0.00000103. The van der Waals surface area contributed by atoms with Crippen molar-refractivity contribution >= 4 is 11.8 Å². The fraction of sp³-hybridized carbons (Fsp3) is 0.320. The third kappa shape index (κ3) is 5.53. The van der Waals surface area contributed by atoms with Crippen LogP contribution >= 0.6 is 11.8 Å². The fourth-order valence-corrected chi connectivity index (χ4v) is 4.60. The van der Waals surface area contributed by atoms with Gasteiger partial charge >= 0.3 is 0 Å². The highest BCUT2D eigenvalue weighted by Crippen LogP contribution is 2.44. The first-order valence-corrected chi connectivity index (χ1v) is 12.0. The Labute approximate surface area is 203 Å². The van der Waals surface area contributed by atoms with Gasteiger partial charge in [0.05, 0.1) is 18.1 Å². The summed E-state index contributed by atoms with van der Waals surface area (Å²) in [5, 5.41) is 25.7. The van der Waals surface area contributed by atoms with E-state index in [9.17, 15) is 5.26 Å². The maximum Gasteiger partial charge on any atom is 0.244 e. The number of nitriles is 1. The van der Waals surface area contributed by atoms with Crippen LogP contribution < -0.4 is 15.2 Å². The molecular formula is C25H29N5O3S. The number of H-pyrrole nitrogens is 1. The number of aromatic nitrogens is 3. The van der Waals surface area contributed by atoms with E-state index in [4.69, 9.17) is 20.3 Å². The zero-order valence-electron chi connectivity index (χ0n) is 19.5. The average molecular weight is 480 g/mol. The van der Waals surface area contributed by atoms with E-state index >= 15 is 0 Å². The number of aryl methyl sites for hydroxylation is 1. The van der Waals surface area contributed by atoms with Gasteiger partial charge in [-0.1, -0.05) is 31.5 Å². The molecule has 0 fully saturated rings. The quantitative estimate of drug-likeness (QED) is 0.428. The van der Waals surface area contributed by atoms with Crippen LogP contribution in [0.1, 0.15) is 48.6 Å². The number of aromatic amines is 1. The fourth-order valence-electron chi connectivity index (χ4n) is 3.76. The predicted molar refractivity (Wildman–Crippen MR) is 131 cm³/mol. The molecule has 0 radical (unpaired) electrons. The van der Waals surface area contributed by atoms with Crippen LogP contribution in [0.2, 0.25) is 0 Å². The SMILES string of the molecule is CCCc1[nH]nc2c1C(c1ccc(OC)c(CSc3ccccn3)c1)C(C#N)=C(N)O2.CCO. The number of hydrogen-bond acceptors (Lipinski definition) is 8. The van der Waals surface area contributed by atoms with Crippen LogP contribution in [0.5, 0.6) is 11.6 Å². The van der Waals surface area contributed by atoms with Crippen molar-refractivity contribution in [1.82, 2.24) is 15.2 Å². The maximum absolute atomic E-state index is 9.86. The molecule has 1 aliphatic rings. The van der Waals surface area contributed by atoms with Crippen LogP contribution in [-0.2, 0) is 12.2 Å². The van der Waals surface area contributed by atoms with Gasteiger partial charge in [0.25, 0.3) is 0 Å². The second kappa shape index (κ2) is 12.1. The lowest BCUT2D eigenvalue weighted by Crippen LogP contribution is -2.21. The lowest BCUT2D eigenvalue weighted by Gasteiger charge is -2.25. The highest BCUT2D eigenvalue weighted by Gasteiger charge is 2.35. The van der Waals surface area contributed by atoms with Crippen molar-refractivity contribution in [3.05, 3.63) is 76.4 Å². The number of aliphatic hydroxyl groups is 1. The van der Waals surface area contributed by atoms with Gasteiger partial charge in [-0.15, -0.1) is 16.9 Å². The Morgan fingerprint density at radius 3 is 2.74 bits per heavy atom. The second-order valence-electron chi connectivity index (χ2n) is 7.44. The van der Waals surface area contributed by atoms with Crippen molar-refractivity contribution in [1.29, 1.82) is 5.26 Å². The normalized spacial score (nSPS) is 14.4. The van der Waals surface area contributed by atoms with Crippen LogP contribution in [0.4, 0.5) is 0 Å². The smallest absolute Gasteiger partial charge is 0.244 e. The highest BCUT2D eigenvalue weighted by molar-refractivity contribution is 7.98. The molecule has 3 aromatic rings. The van der Waals surface area contributed by atoms with E-state index in [1.54, 1.807) is 32.0 Å². The number of pyridine rings is 1. The predicted octanol–water partition coefficient (Wildman–Crippen LogP) is 4.27. The Morgan fingerprint density at radius 2 is 2.09 bits per heavy atom. The van der Waals surface area contributed by atoms with Gasteiger partial charge in [-0.25, -0.2) is 4.98 Å². The number of thioether (sulfide) groups is 1. The Kier molecular flexibility index (Phi) is 8.96. The number of ether oxygens (including phenoxy) is 2. The van der Waals surface area contributed by atoms with Gasteiger partial charge in [-0.2, -0.15) is 5.26 Å². The van der Waals surface area contributed by atoms with Crippen LogP contribution in [0, 0.1) is 11.3 Å². The molecule has 4 N–H and O–H groups in total. The van der Waals surface area contributed by atoms with Crippen LogP contribution in [-0.4, -0.2) is 34.0 Å². The molecule has 1 aliphatic heterocycles. The first kappa shape index (κ1) is 25.1. The molecule has 8 nitrogen and oxygen atoms in total. The van der Waals surface area contributed by atoms with Crippen LogP contribution in [0.25, 0.3) is 0 Å². The molecule has 9 heteroatoms. The van der Waals surface area contributed by atoms with E-state index in [-0.39, 0.29) is 18.4 Å². The molecule has 1 unspecified atom stereocenters. The zero-order chi connectivity index (χ0) is 24.5. The Bertz CT molecular complexity index is 1170. The molecule has 178 valence electrons. The van der Waals surface area contributed by atoms with Gasteiger partial charge < -0.3 is 20.3 Å². The molecule has 0 spiro atoms. The standard InChI is InChI=1S/C23H23N5O2S.C2H6O/c1-3-6-17-21-20(16(12-24)22(25)30-23(21)28-27-17)14-8-9-18(29-2)15(11-14)13-31-19-7-4-5-10-26-19;1-2-3/h4-5,7-11,20H,3,6,13,25H2,1-2H3,(H,27,28);3H,2H2,1H3. The molecule has 0 aliphatic carbocycles. The average Bonchev–Trinajstić information content (AvgIpc) is 3.25. The van der Waals surface area contributed by atoms with E-state index in [0.29, 0.717) is 17.2 Å². The molecule has 0 saturated heterocycles. The number of aliphatic hydroxyl groups excluding tert-OH is 1. The van der Waals surface area contributed by atoms with Gasteiger partial charge in [0.1, 0.15) is 17.4 Å². The lowest BCUT2D eigenvalue weighted by molar-refractivity contribution is 0.318. The third-order valence-electron chi connectivity index (χ3n) is 5.17. The molecule has 1 aromatic carbocycles. The summed E-state index contributed by atoms with van der Waals surface area (Å²) < 4.78 is 11.2. The van der Waals surface area contributed by atoms with Crippen molar-refractivity contribution < 1.29 is 14.6 Å². The maximum atomic E-state index is 9.86. The van der Waals surface area contributed by atoms with Crippen molar-refractivity contribution in [3.63, 3.8) is 0 Å². The molecule has 0 saturated carbocycles. The largest absolute Gasteiger partial charge is 0.496 e. The summed E-state index contributed by atoms with van der Waals surface area (Å²) in [4.78, 5) is 4.38. The van der Waals surface area contributed by atoms with E-state index < -0.39 is 0 Å². The molecule has 0 bridgehead atoms. The van der Waals surface area contributed by atoms with Gasteiger partial charge in [0, 0.05) is 35.4 Å². The summed E-state index contributed by atoms with van der Waals surface area (Å²) >= 11 is 1.63. The minimum absolute atomic E-state index is 0.0924. The number of allylic oxidation sites excluding steroid dienone is 1. The molecular weight excluding hydrogens is 450 g/mol. The number of nitrogens with one attached hydrogen (secondary N) is 1. The number of fused-ring (bicyclic) bond motifs is 1. The van der Waals surface area contributed by atoms with Gasteiger partial charge in [0.15, 0.2) is 0 Å². The number of rotatable bonds is 7. The van der Waals surface area contributed by atoms with Crippen molar-refractivity contribution in [2.24, 2.45) is 5.73 Å². The molecule has 2 aromatic heterocycles. The van der Waals surface area contributed by atoms with E-state index in [1.165, 1.54) is 0 Å². The zero-order valence-corrected chi connectivity index (χ0v) is 20.4. The summed E-state index contributed by atoms with van der Waals surface area (Å²) in [7, 11) is 1.66. The third-order valence-corrected chi connectivity index (χ3v) is 6.16. The first-order chi connectivity index (χ1) is 16.6. The summed E-state index contributed by atoms with van der Waals surface area (Å²) in [5.74, 6) is 1.65. The number of methoxy groups -OCH3 is 1. The topological polar surface area (TPSA) is 130 Å². The highest BCUT2D eigenvalue weighted by atomic mass is 32.2. The number of hydrogen-bond donors (Lipinski definition) is 3. The van der Waals surface area contributed by atoms with E-state index in [0.717, 1.165) is 46.0 Å². The van der Waals surface area contributed by atoms with Gasteiger partial charge in [-0.3, -0.25) is 5.10 Å². The van der Waals surface area contributed by atoms with Gasteiger partial charge in [0.2, 0.25) is 11.8 Å². The monoisotopic (exact) mass is 479 g/mol. The van der Waals surface area contributed by atoms with Crippen LogP contribution in [0.3, 0.4) is 0 Å². The molecule has 34 heavy (non-hydrogen) atoms. The summed E-state index contributed by atoms with van der Waals surface area (Å²) in [6, 6.07) is 14.1.